The Hall–Kier alpha value is -2.55. The number of hydrogen-bond donors (Lipinski definition) is 3. The highest BCUT2D eigenvalue weighted by Gasteiger charge is 2.36. The van der Waals surface area contributed by atoms with Gasteiger partial charge in [0.1, 0.15) is 5.82 Å². The molecule has 2 atom stereocenters. The lowest BCUT2D eigenvalue weighted by atomic mass is 9.89. The smallest absolute Gasteiger partial charge is 0.385 e. The molecule has 1 aliphatic carbocycles. The van der Waals surface area contributed by atoms with Gasteiger partial charge in [0.05, 0.1) is 17.2 Å². The molecule has 4 rings (SSSR count). The van der Waals surface area contributed by atoms with Gasteiger partial charge in [-0.25, -0.2) is 0 Å². The first kappa shape index (κ1) is 17.8. The lowest BCUT2D eigenvalue weighted by Gasteiger charge is -2.26. The predicted octanol–water partition coefficient (Wildman–Crippen LogP) is 2.54. The van der Waals surface area contributed by atoms with Crippen LogP contribution in [0.2, 0.25) is 0 Å². The van der Waals surface area contributed by atoms with Crippen molar-refractivity contribution in [3.8, 4) is 0 Å². The van der Waals surface area contributed by atoms with Gasteiger partial charge in [-0.05, 0) is 49.4 Å². The molecule has 9 heteroatoms. The highest BCUT2D eigenvalue weighted by atomic mass is 19.4. The van der Waals surface area contributed by atoms with Gasteiger partial charge >= 0.3 is 6.18 Å². The first-order valence-electron chi connectivity index (χ1n) is 8.86. The average molecular weight is 379 g/mol. The van der Waals surface area contributed by atoms with Gasteiger partial charge in [-0.3, -0.25) is 4.79 Å². The largest absolute Gasteiger partial charge is 0.416 e. The molecule has 144 valence electrons. The highest BCUT2D eigenvalue weighted by Crippen LogP contribution is 2.38. The topological polar surface area (TPSA) is 99.0 Å². The number of fused-ring (bicyclic) bond motifs is 2. The number of rotatable bonds is 1. The second-order valence-electron chi connectivity index (χ2n) is 7.13. The minimum atomic E-state index is -4.47. The third-order valence-corrected chi connectivity index (χ3v) is 5.33. The van der Waals surface area contributed by atoms with E-state index in [1.54, 1.807) is 0 Å². The monoisotopic (exact) mass is 379 g/mol. The van der Waals surface area contributed by atoms with Crippen LogP contribution < -0.4 is 16.8 Å². The number of hydrogen-bond acceptors (Lipinski definition) is 5. The minimum Gasteiger partial charge on any atom is -0.385 e. The van der Waals surface area contributed by atoms with Gasteiger partial charge in [0.15, 0.2) is 0 Å². The highest BCUT2D eigenvalue weighted by molar-refractivity contribution is 5.90. The maximum Gasteiger partial charge on any atom is 0.416 e. The predicted molar refractivity (Wildman–Crippen MR) is 94.6 cm³/mol. The Labute approximate surface area is 153 Å². The summed E-state index contributed by atoms with van der Waals surface area (Å²) in [5.74, 6) is -0.893. The molecule has 2 heterocycles. The summed E-state index contributed by atoms with van der Waals surface area (Å²) in [4.78, 5) is 13.1. The maximum absolute atomic E-state index is 13.1. The molecule has 2 aromatic rings. The number of carbonyl (C=O) groups excluding carboxylic acids is 1. The summed E-state index contributed by atoms with van der Waals surface area (Å²) in [5.41, 5.74) is 13.7. The van der Waals surface area contributed by atoms with Crippen molar-refractivity contribution < 1.29 is 18.0 Å². The Kier molecular flexibility index (Phi) is 4.14. The van der Waals surface area contributed by atoms with Crippen molar-refractivity contribution in [3.05, 3.63) is 40.6 Å². The van der Waals surface area contributed by atoms with Crippen molar-refractivity contribution >= 4 is 17.4 Å². The molecule has 1 aliphatic heterocycles. The molecule has 1 unspecified atom stereocenters. The van der Waals surface area contributed by atoms with Crippen molar-refractivity contribution in [2.75, 3.05) is 17.6 Å². The Balaban J connectivity index is 1.73. The van der Waals surface area contributed by atoms with E-state index in [0.717, 1.165) is 34.5 Å². The van der Waals surface area contributed by atoms with Gasteiger partial charge in [0.25, 0.3) is 5.91 Å². The average Bonchev–Trinajstić information content (AvgIpc) is 2.95. The molecular weight excluding hydrogens is 359 g/mol. The van der Waals surface area contributed by atoms with Crippen molar-refractivity contribution in [3.63, 3.8) is 0 Å². The van der Waals surface area contributed by atoms with Crippen molar-refractivity contribution in [1.29, 1.82) is 0 Å². The molecule has 0 amide bonds. The Morgan fingerprint density at radius 1 is 1.30 bits per heavy atom. The quantitative estimate of drug-likeness (QED) is 0.707. The summed E-state index contributed by atoms with van der Waals surface area (Å²) < 4.78 is 40.5. The van der Waals surface area contributed by atoms with Crippen LogP contribution in [0.5, 0.6) is 0 Å². The molecular formula is C18H20F3N5O. The minimum absolute atomic E-state index is 0.0264. The van der Waals surface area contributed by atoms with Crippen LogP contribution in [-0.4, -0.2) is 28.3 Å². The molecule has 27 heavy (non-hydrogen) atoms. The van der Waals surface area contributed by atoms with E-state index in [1.807, 2.05) is 0 Å². The van der Waals surface area contributed by atoms with Gasteiger partial charge < -0.3 is 16.8 Å². The van der Waals surface area contributed by atoms with E-state index in [2.05, 4.69) is 10.4 Å². The molecule has 0 fully saturated rings. The van der Waals surface area contributed by atoms with E-state index in [-0.39, 0.29) is 11.9 Å². The van der Waals surface area contributed by atoms with Crippen molar-refractivity contribution in [2.24, 2.45) is 5.73 Å². The molecule has 0 spiro atoms. The summed E-state index contributed by atoms with van der Waals surface area (Å²) in [6, 6.07) is 3.40. The number of anilines is 2. The van der Waals surface area contributed by atoms with Gasteiger partial charge in [-0.1, -0.05) is 0 Å². The molecule has 0 bridgehead atoms. The van der Waals surface area contributed by atoms with Crippen LogP contribution in [0.15, 0.2) is 18.2 Å². The van der Waals surface area contributed by atoms with E-state index in [4.69, 9.17) is 11.5 Å². The number of aromatic nitrogens is 2. The fourth-order valence-electron chi connectivity index (χ4n) is 3.89. The second-order valence-corrected chi connectivity index (χ2v) is 7.13. The zero-order chi connectivity index (χ0) is 19.3. The SMILES string of the molecule is Nc1c2c(nn1C(=O)C1CCNc3ccc(C(F)(F)F)cc31)CC[C@@H](N)C2. The third kappa shape index (κ3) is 3.05. The second kappa shape index (κ2) is 6.26. The Bertz CT molecular complexity index is 905. The number of nitrogens with two attached hydrogens (primary N) is 2. The van der Waals surface area contributed by atoms with Gasteiger partial charge in [-0.15, -0.1) is 0 Å². The van der Waals surface area contributed by atoms with Crippen LogP contribution in [0.3, 0.4) is 0 Å². The van der Waals surface area contributed by atoms with E-state index in [9.17, 15) is 18.0 Å². The van der Waals surface area contributed by atoms with Gasteiger partial charge in [0, 0.05) is 23.8 Å². The number of aryl methyl sites for hydroxylation is 1. The zero-order valence-corrected chi connectivity index (χ0v) is 14.5. The van der Waals surface area contributed by atoms with E-state index in [0.29, 0.717) is 37.1 Å². The molecule has 6 nitrogen and oxygen atoms in total. The number of carbonyl (C=O) groups is 1. The fourth-order valence-corrected chi connectivity index (χ4v) is 3.89. The molecule has 1 aromatic carbocycles. The summed E-state index contributed by atoms with van der Waals surface area (Å²) in [5, 5.41) is 7.40. The van der Waals surface area contributed by atoms with Gasteiger partial charge in [-0.2, -0.15) is 23.0 Å². The summed E-state index contributed by atoms with van der Waals surface area (Å²) in [7, 11) is 0. The van der Waals surface area contributed by atoms with Crippen molar-refractivity contribution in [1.82, 2.24) is 9.78 Å². The van der Waals surface area contributed by atoms with Crippen LogP contribution in [0, 0.1) is 0 Å². The summed E-state index contributed by atoms with van der Waals surface area (Å²) in [6.07, 6.45) is -2.14. The first-order valence-corrected chi connectivity index (χ1v) is 8.86. The van der Waals surface area contributed by atoms with Gasteiger partial charge in [0.2, 0.25) is 0 Å². The molecule has 0 radical (unpaired) electrons. The molecule has 5 N–H and O–H groups in total. The number of nitrogens with one attached hydrogen (secondary N) is 1. The summed E-state index contributed by atoms with van der Waals surface area (Å²) in [6.45, 7) is 0.487. The lowest BCUT2D eigenvalue weighted by molar-refractivity contribution is -0.137. The Morgan fingerprint density at radius 2 is 2.07 bits per heavy atom. The van der Waals surface area contributed by atoms with Crippen LogP contribution in [-0.2, 0) is 19.0 Å². The van der Waals surface area contributed by atoms with E-state index in [1.165, 1.54) is 6.07 Å². The van der Waals surface area contributed by atoms with E-state index >= 15 is 0 Å². The standard InChI is InChI=1S/C18H20F3N5O/c19-18(20,21)9-1-3-14-12(7-9)11(5-6-24-14)17(27)26-16(23)13-8-10(22)2-4-15(13)25-26/h1,3,7,10-11,24H,2,4-6,8,22-23H2/t10-,11?/m1/s1. The van der Waals surface area contributed by atoms with E-state index < -0.39 is 23.6 Å². The molecule has 0 saturated heterocycles. The third-order valence-electron chi connectivity index (χ3n) is 5.33. The number of halogens is 3. The molecule has 2 aliphatic rings. The fraction of sp³-hybridized carbons (Fsp3) is 0.444. The molecule has 0 saturated carbocycles. The summed E-state index contributed by atoms with van der Waals surface area (Å²) >= 11 is 0. The van der Waals surface area contributed by atoms with Crippen LogP contribution in [0.25, 0.3) is 0 Å². The zero-order valence-electron chi connectivity index (χ0n) is 14.5. The number of nitrogen functional groups attached to an aromatic ring is 1. The first-order chi connectivity index (χ1) is 12.8. The maximum atomic E-state index is 13.1. The van der Waals surface area contributed by atoms with Crippen LogP contribution >= 0.6 is 0 Å². The van der Waals surface area contributed by atoms with Crippen LogP contribution in [0.1, 0.15) is 45.9 Å². The normalized spacial score (nSPS) is 21.9. The number of benzene rings is 1. The lowest BCUT2D eigenvalue weighted by Crippen LogP contribution is -2.29. The number of nitrogens with zero attached hydrogens (tertiary/aromatic N) is 2. The Morgan fingerprint density at radius 3 is 2.81 bits per heavy atom. The number of alkyl halides is 3. The van der Waals surface area contributed by atoms with Crippen LogP contribution in [0.4, 0.5) is 24.7 Å². The molecule has 1 aromatic heterocycles. The van der Waals surface area contributed by atoms with Crippen molar-refractivity contribution in [2.45, 2.75) is 43.8 Å².